The van der Waals surface area contributed by atoms with Crippen molar-refractivity contribution in [3.63, 3.8) is 0 Å². The number of nitrogens with one attached hydrogen (secondary N) is 1. The molecular formula is C15H21F2NO. The Balaban J connectivity index is 1.89. The van der Waals surface area contributed by atoms with Gasteiger partial charge in [-0.25, -0.2) is 0 Å². The molecule has 0 heterocycles. The molecule has 0 saturated heterocycles. The number of rotatable bonds is 6. The first-order chi connectivity index (χ1) is 8.88. The van der Waals surface area contributed by atoms with E-state index >= 15 is 0 Å². The number of alkyl halides is 2. The van der Waals surface area contributed by atoms with Crippen molar-refractivity contribution in [2.75, 3.05) is 6.54 Å². The van der Waals surface area contributed by atoms with Gasteiger partial charge in [0.1, 0.15) is 5.75 Å². The maximum Gasteiger partial charge on any atom is 0.387 e. The molecule has 1 saturated carbocycles. The summed E-state index contributed by atoms with van der Waals surface area (Å²) in [4.78, 5) is 0. The van der Waals surface area contributed by atoms with Gasteiger partial charge in [-0.1, -0.05) is 26.0 Å². The van der Waals surface area contributed by atoms with Crippen molar-refractivity contribution in [3.8, 4) is 5.75 Å². The summed E-state index contributed by atoms with van der Waals surface area (Å²) < 4.78 is 28.7. The smallest absolute Gasteiger partial charge is 0.387 e. The van der Waals surface area contributed by atoms with Crippen molar-refractivity contribution < 1.29 is 13.5 Å². The predicted molar refractivity (Wildman–Crippen MR) is 71.4 cm³/mol. The molecule has 0 amide bonds. The summed E-state index contributed by atoms with van der Waals surface area (Å²) in [5.74, 6) is 0.934. The molecule has 0 aliphatic heterocycles. The van der Waals surface area contributed by atoms with E-state index in [0.717, 1.165) is 18.0 Å². The number of benzene rings is 1. The highest BCUT2D eigenvalue weighted by Gasteiger charge is 2.44. The minimum atomic E-state index is -2.77. The number of hydrogen-bond donors (Lipinski definition) is 1. The molecule has 0 spiro atoms. The average molecular weight is 269 g/mol. The zero-order valence-electron chi connectivity index (χ0n) is 11.6. The number of halogens is 2. The lowest BCUT2D eigenvalue weighted by Gasteiger charge is -2.16. The molecule has 2 nitrogen and oxygen atoms in total. The van der Waals surface area contributed by atoms with Crippen LogP contribution in [0.4, 0.5) is 8.78 Å². The summed E-state index contributed by atoms with van der Waals surface area (Å²) in [6.07, 6.45) is 1.25. The van der Waals surface area contributed by atoms with E-state index < -0.39 is 6.61 Å². The van der Waals surface area contributed by atoms with Crippen molar-refractivity contribution in [2.45, 2.75) is 39.8 Å². The zero-order chi connectivity index (χ0) is 14.0. The number of ether oxygens (including phenoxy) is 1. The molecule has 0 aromatic heterocycles. The second-order valence-corrected chi connectivity index (χ2v) is 5.97. The fraction of sp³-hybridized carbons (Fsp3) is 0.600. The van der Waals surface area contributed by atoms with E-state index in [4.69, 9.17) is 0 Å². The summed E-state index contributed by atoms with van der Waals surface area (Å²) in [6, 6.07) is 7.02. The number of hydrogen-bond acceptors (Lipinski definition) is 2. The Morgan fingerprint density at radius 3 is 2.68 bits per heavy atom. The lowest BCUT2D eigenvalue weighted by atomic mass is 10.1. The molecule has 1 aliphatic carbocycles. The third-order valence-corrected chi connectivity index (χ3v) is 3.97. The van der Waals surface area contributed by atoms with Crippen LogP contribution in [-0.2, 0) is 0 Å². The normalized spacial score (nSPS) is 22.3. The van der Waals surface area contributed by atoms with Crippen LogP contribution in [0.15, 0.2) is 24.3 Å². The standard InChI is InChI=1S/C15H21F2NO/c1-10(18-9-12-8-15(12,2)3)11-5-4-6-13(7-11)19-14(16)17/h4-7,10,12,14,18H,8-9H2,1-3H3. The van der Waals surface area contributed by atoms with Crippen molar-refractivity contribution in [1.82, 2.24) is 5.32 Å². The molecule has 2 atom stereocenters. The van der Waals surface area contributed by atoms with E-state index in [1.807, 2.05) is 13.0 Å². The van der Waals surface area contributed by atoms with Gasteiger partial charge in [-0.3, -0.25) is 0 Å². The lowest BCUT2D eigenvalue weighted by Crippen LogP contribution is -2.22. The third-order valence-electron chi connectivity index (χ3n) is 3.97. The first-order valence-corrected chi connectivity index (χ1v) is 6.66. The van der Waals surface area contributed by atoms with Gasteiger partial charge in [-0.15, -0.1) is 0 Å². The van der Waals surface area contributed by atoms with Gasteiger partial charge in [-0.05, 0) is 48.9 Å². The highest BCUT2D eigenvalue weighted by atomic mass is 19.3. The third kappa shape index (κ3) is 3.90. The first kappa shape index (κ1) is 14.3. The van der Waals surface area contributed by atoms with Crippen molar-refractivity contribution in [1.29, 1.82) is 0 Å². The van der Waals surface area contributed by atoms with Gasteiger partial charge in [0.15, 0.2) is 0 Å². The minimum Gasteiger partial charge on any atom is -0.435 e. The fourth-order valence-corrected chi connectivity index (χ4v) is 2.32. The average Bonchev–Trinajstić information content (AvgIpc) is 2.93. The lowest BCUT2D eigenvalue weighted by molar-refractivity contribution is -0.0499. The van der Waals surface area contributed by atoms with Crippen LogP contribution in [0.3, 0.4) is 0 Å². The van der Waals surface area contributed by atoms with Crippen LogP contribution in [0.5, 0.6) is 5.75 Å². The minimum absolute atomic E-state index is 0.137. The predicted octanol–water partition coefficient (Wildman–Crippen LogP) is 3.98. The van der Waals surface area contributed by atoms with Crippen molar-refractivity contribution in [3.05, 3.63) is 29.8 Å². The zero-order valence-corrected chi connectivity index (χ0v) is 11.6. The van der Waals surface area contributed by atoms with Gasteiger partial charge >= 0.3 is 6.61 Å². The molecular weight excluding hydrogens is 248 g/mol. The Bertz CT molecular complexity index is 434. The molecule has 1 fully saturated rings. The summed E-state index contributed by atoms with van der Waals surface area (Å²) in [5.41, 5.74) is 1.42. The maximum atomic E-state index is 12.2. The van der Waals surface area contributed by atoms with Crippen molar-refractivity contribution in [2.24, 2.45) is 11.3 Å². The van der Waals surface area contributed by atoms with Crippen LogP contribution in [0.25, 0.3) is 0 Å². The summed E-state index contributed by atoms with van der Waals surface area (Å²) in [6.45, 7) is 4.76. The molecule has 2 rings (SSSR count). The molecule has 1 aliphatic rings. The van der Waals surface area contributed by atoms with Gasteiger partial charge in [0.25, 0.3) is 0 Å². The van der Waals surface area contributed by atoms with Gasteiger partial charge in [0.2, 0.25) is 0 Å². The largest absolute Gasteiger partial charge is 0.435 e. The molecule has 1 aromatic carbocycles. The molecule has 1 N–H and O–H groups in total. The van der Waals surface area contributed by atoms with Crippen LogP contribution in [0.1, 0.15) is 38.8 Å². The fourth-order valence-electron chi connectivity index (χ4n) is 2.32. The Hall–Kier alpha value is -1.16. The van der Waals surface area contributed by atoms with E-state index in [2.05, 4.69) is 23.9 Å². The van der Waals surface area contributed by atoms with Crippen LogP contribution < -0.4 is 10.1 Å². The first-order valence-electron chi connectivity index (χ1n) is 6.66. The van der Waals surface area contributed by atoms with Crippen LogP contribution in [-0.4, -0.2) is 13.2 Å². The van der Waals surface area contributed by atoms with E-state index in [1.165, 1.54) is 6.42 Å². The van der Waals surface area contributed by atoms with E-state index in [-0.39, 0.29) is 11.8 Å². The van der Waals surface area contributed by atoms with Gasteiger partial charge < -0.3 is 10.1 Å². The van der Waals surface area contributed by atoms with E-state index in [0.29, 0.717) is 5.41 Å². The Kier molecular flexibility index (Phi) is 4.09. The molecule has 1 aromatic rings. The molecule has 0 radical (unpaired) electrons. The highest BCUT2D eigenvalue weighted by Crippen LogP contribution is 2.51. The quantitative estimate of drug-likeness (QED) is 0.843. The van der Waals surface area contributed by atoms with Crippen molar-refractivity contribution >= 4 is 0 Å². The molecule has 19 heavy (non-hydrogen) atoms. The van der Waals surface area contributed by atoms with Crippen LogP contribution in [0, 0.1) is 11.3 Å². The second-order valence-electron chi connectivity index (χ2n) is 5.97. The highest BCUT2D eigenvalue weighted by molar-refractivity contribution is 5.30. The van der Waals surface area contributed by atoms with Crippen LogP contribution >= 0.6 is 0 Å². The van der Waals surface area contributed by atoms with Crippen LogP contribution in [0.2, 0.25) is 0 Å². The van der Waals surface area contributed by atoms with Gasteiger partial charge in [0, 0.05) is 6.04 Å². The van der Waals surface area contributed by atoms with Gasteiger partial charge in [-0.2, -0.15) is 8.78 Å². The molecule has 0 bridgehead atoms. The van der Waals surface area contributed by atoms with E-state index in [1.54, 1.807) is 18.2 Å². The SMILES string of the molecule is CC(NCC1CC1(C)C)c1cccc(OC(F)F)c1. The Morgan fingerprint density at radius 1 is 1.42 bits per heavy atom. The Morgan fingerprint density at radius 2 is 2.11 bits per heavy atom. The molecule has 106 valence electrons. The molecule has 4 heteroatoms. The Labute approximate surface area is 113 Å². The molecule has 2 unspecified atom stereocenters. The summed E-state index contributed by atoms with van der Waals surface area (Å²) in [5, 5.41) is 3.45. The maximum absolute atomic E-state index is 12.2. The second kappa shape index (κ2) is 5.45. The summed E-state index contributed by atoms with van der Waals surface area (Å²) >= 11 is 0. The van der Waals surface area contributed by atoms with Gasteiger partial charge in [0.05, 0.1) is 0 Å². The monoisotopic (exact) mass is 269 g/mol. The van der Waals surface area contributed by atoms with E-state index in [9.17, 15) is 8.78 Å². The topological polar surface area (TPSA) is 21.3 Å². The summed E-state index contributed by atoms with van der Waals surface area (Å²) in [7, 11) is 0.